The Morgan fingerprint density at radius 1 is 1.00 bits per heavy atom. The standard InChI is InChI=1S/C14H18N2O4/c1-9(2)14(19)20-10(3)12(17)15-16-13(18)11-7-5-4-6-8-11/h4-10H,1-3H3,(H,15,17)(H,16,18)/t10-/m1/s1. The molecule has 0 spiro atoms. The third kappa shape index (κ3) is 4.72. The van der Waals surface area contributed by atoms with Crippen LogP contribution in [0.3, 0.4) is 0 Å². The van der Waals surface area contributed by atoms with Crippen molar-refractivity contribution in [2.75, 3.05) is 0 Å². The second-order valence-corrected chi connectivity index (χ2v) is 4.54. The first-order valence-electron chi connectivity index (χ1n) is 6.27. The Hall–Kier alpha value is -2.37. The van der Waals surface area contributed by atoms with Crippen LogP contribution in [0.2, 0.25) is 0 Å². The highest BCUT2D eigenvalue weighted by atomic mass is 16.5. The monoisotopic (exact) mass is 278 g/mol. The van der Waals surface area contributed by atoms with Gasteiger partial charge in [-0.15, -0.1) is 0 Å². The van der Waals surface area contributed by atoms with Gasteiger partial charge in [0.05, 0.1) is 5.92 Å². The Morgan fingerprint density at radius 3 is 2.15 bits per heavy atom. The average Bonchev–Trinajstić information content (AvgIpc) is 2.44. The summed E-state index contributed by atoms with van der Waals surface area (Å²) in [5, 5.41) is 0. The number of nitrogens with one attached hydrogen (secondary N) is 2. The molecule has 2 amide bonds. The lowest BCUT2D eigenvalue weighted by molar-refractivity contribution is -0.158. The predicted molar refractivity (Wildman–Crippen MR) is 72.4 cm³/mol. The summed E-state index contributed by atoms with van der Waals surface area (Å²) in [7, 11) is 0. The number of amides is 2. The molecule has 0 saturated carbocycles. The molecule has 1 aromatic carbocycles. The summed E-state index contributed by atoms with van der Waals surface area (Å²) in [6.07, 6.45) is -0.971. The van der Waals surface area contributed by atoms with Gasteiger partial charge in [-0.25, -0.2) is 0 Å². The third-order valence-electron chi connectivity index (χ3n) is 2.47. The van der Waals surface area contributed by atoms with Gasteiger partial charge in [0.25, 0.3) is 11.8 Å². The molecule has 1 rings (SSSR count). The largest absolute Gasteiger partial charge is 0.452 e. The molecule has 0 bridgehead atoms. The zero-order chi connectivity index (χ0) is 15.1. The van der Waals surface area contributed by atoms with E-state index in [1.807, 2.05) is 0 Å². The fourth-order valence-corrected chi connectivity index (χ4v) is 1.25. The number of hydrazine groups is 1. The highest BCUT2D eigenvalue weighted by Gasteiger charge is 2.20. The number of hydrogen-bond acceptors (Lipinski definition) is 4. The number of rotatable bonds is 4. The molecule has 0 aromatic heterocycles. The fraction of sp³-hybridized carbons (Fsp3) is 0.357. The van der Waals surface area contributed by atoms with Crippen LogP contribution in [-0.4, -0.2) is 23.9 Å². The Balaban J connectivity index is 2.43. The van der Waals surface area contributed by atoms with Crippen LogP contribution in [0.15, 0.2) is 30.3 Å². The van der Waals surface area contributed by atoms with Gasteiger partial charge in [-0.05, 0) is 19.1 Å². The molecular formula is C14H18N2O4. The molecule has 0 saturated heterocycles. The van der Waals surface area contributed by atoms with Gasteiger partial charge in [-0.3, -0.25) is 25.2 Å². The van der Waals surface area contributed by atoms with Crippen molar-refractivity contribution in [2.45, 2.75) is 26.9 Å². The van der Waals surface area contributed by atoms with E-state index in [4.69, 9.17) is 4.74 Å². The molecule has 1 atom stereocenters. The quantitative estimate of drug-likeness (QED) is 0.636. The van der Waals surface area contributed by atoms with E-state index in [2.05, 4.69) is 10.9 Å². The molecule has 0 aliphatic carbocycles. The minimum absolute atomic E-state index is 0.316. The van der Waals surface area contributed by atoms with Crippen molar-refractivity contribution in [1.29, 1.82) is 0 Å². The smallest absolute Gasteiger partial charge is 0.309 e. The van der Waals surface area contributed by atoms with E-state index in [0.29, 0.717) is 5.56 Å². The number of carbonyl (C=O) groups excluding carboxylic acids is 3. The SMILES string of the molecule is CC(C)C(=O)O[C@H](C)C(=O)NNC(=O)c1ccccc1. The van der Waals surface area contributed by atoms with Crippen molar-refractivity contribution in [1.82, 2.24) is 10.9 Å². The van der Waals surface area contributed by atoms with E-state index in [1.165, 1.54) is 6.92 Å². The molecule has 108 valence electrons. The average molecular weight is 278 g/mol. The van der Waals surface area contributed by atoms with Crippen LogP contribution < -0.4 is 10.9 Å². The van der Waals surface area contributed by atoms with Gasteiger partial charge in [0.1, 0.15) is 0 Å². The summed E-state index contributed by atoms with van der Waals surface area (Å²) < 4.78 is 4.91. The Morgan fingerprint density at radius 2 is 1.60 bits per heavy atom. The van der Waals surface area contributed by atoms with Gasteiger partial charge < -0.3 is 4.74 Å². The van der Waals surface area contributed by atoms with E-state index in [-0.39, 0.29) is 5.92 Å². The Labute approximate surface area is 117 Å². The molecule has 0 unspecified atom stereocenters. The van der Waals surface area contributed by atoms with Crippen molar-refractivity contribution in [3.63, 3.8) is 0 Å². The molecule has 1 aromatic rings. The molecule has 6 nitrogen and oxygen atoms in total. The van der Waals surface area contributed by atoms with Gasteiger partial charge in [-0.2, -0.15) is 0 Å². The maximum Gasteiger partial charge on any atom is 0.309 e. The Kier molecular flexibility index (Phi) is 5.71. The zero-order valence-electron chi connectivity index (χ0n) is 11.7. The predicted octanol–water partition coefficient (Wildman–Crippen LogP) is 1.04. The molecule has 0 radical (unpaired) electrons. The number of benzene rings is 1. The molecule has 0 fully saturated rings. The van der Waals surface area contributed by atoms with E-state index in [9.17, 15) is 14.4 Å². The van der Waals surface area contributed by atoms with Crippen LogP contribution in [0.5, 0.6) is 0 Å². The van der Waals surface area contributed by atoms with Crippen LogP contribution in [-0.2, 0) is 14.3 Å². The summed E-state index contributed by atoms with van der Waals surface area (Å²) in [6.45, 7) is 4.78. The third-order valence-corrected chi connectivity index (χ3v) is 2.47. The number of carbonyl (C=O) groups is 3. The fourth-order valence-electron chi connectivity index (χ4n) is 1.25. The molecule has 6 heteroatoms. The maximum absolute atomic E-state index is 11.7. The van der Waals surface area contributed by atoms with E-state index in [0.717, 1.165) is 0 Å². The molecule has 2 N–H and O–H groups in total. The summed E-state index contributed by atoms with van der Waals surface area (Å²) in [4.78, 5) is 34.6. The molecule has 20 heavy (non-hydrogen) atoms. The minimum Gasteiger partial charge on any atom is -0.452 e. The van der Waals surface area contributed by atoms with Crippen LogP contribution in [0.4, 0.5) is 0 Å². The van der Waals surface area contributed by atoms with Gasteiger partial charge in [-0.1, -0.05) is 32.0 Å². The van der Waals surface area contributed by atoms with Crippen molar-refractivity contribution in [3.05, 3.63) is 35.9 Å². The van der Waals surface area contributed by atoms with Crippen molar-refractivity contribution < 1.29 is 19.1 Å². The first-order valence-corrected chi connectivity index (χ1v) is 6.27. The topological polar surface area (TPSA) is 84.5 Å². The van der Waals surface area contributed by atoms with E-state index >= 15 is 0 Å². The number of hydrogen-bond donors (Lipinski definition) is 2. The zero-order valence-corrected chi connectivity index (χ0v) is 11.7. The second-order valence-electron chi connectivity index (χ2n) is 4.54. The van der Waals surface area contributed by atoms with Crippen LogP contribution in [0.25, 0.3) is 0 Å². The van der Waals surface area contributed by atoms with E-state index < -0.39 is 23.9 Å². The van der Waals surface area contributed by atoms with Gasteiger partial charge in [0, 0.05) is 5.56 Å². The lowest BCUT2D eigenvalue weighted by Gasteiger charge is -2.15. The first-order chi connectivity index (χ1) is 9.41. The van der Waals surface area contributed by atoms with Crippen molar-refractivity contribution in [3.8, 4) is 0 Å². The molecule has 0 aliphatic rings. The minimum atomic E-state index is -0.971. The normalized spacial score (nSPS) is 11.6. The maximum atomic E-state index is 11.7. The lowest BCUT2D eigenvalue weighted by atomic mass is 10.2. The molecule has 0 heterocycles. The Bertz CT molecular complexity index is 485. The van der Waals surface area contributed by atoms with Gasteiger partial charge in [0.15, 0.2) is 6.10 Å². The van der Waals surface area contributed by atoms with Crippen molar-refractivity contribution >= 4 is 17.8 Å². The lowest BCUT2D eigenvalue weighted by Crippen LogP contribution is -2.47. The van der Waals surface area contributed by atoms with Crippen LogP contribution in [0, 0.1) is 5.92 Å². The van der Waals surface area contributed by atoms with Crippen molar-refractivity contribution in [2.24, 2.45) is 5.92 Å². The summed E-state index contributed by atoms with van der Waals surface area (Å²) in [5.74, 6) is -1.82. The first kappa shape index (κ1) is 15.7. The molecule has 0 aliphatic heterocycles. The summed E-state index contributed by atoms with van der Waals surface area (Å²) in [6, 6.07) is 8.43. The number of ether oxygens (including phenoxy) is 1. The number of esters is 1. The van der Waals surface area contributed by atoms with Gasteiger partial charge in [0.2, 0.25) is 0 Å². The van der Waals surface area contributed by atoms with Gasteiger partial charge >= 0.3 is 5.97 Å². The van der Waals surface area contributed by atoms with E-state index in [1.54, 1.807) is 44.2 Å². The van der Waals surface area contributed by atoms with Crippen LogP contribution in [0.1, 0.15) is 31.1 Å². The summed E-state index contributed by atoms with van der Waals surface area (Å²) >= 11 is 0. The molecular weight excluding hydrogens is 260 g/mol. The summed E-state index contributed by atoms with van der Waals surface area (Å²) in [5.41, 5.74) is 4.88. The highest BCUT2D eigenvalue weighted by Crippen LogP contribution is 2.01. The second kappa shape index (κ2) is 7.28. The van der Waals surface area contributed by atoms with Crippen LogP contribution >= 0.6 is 0 Å². The highest BCUT2D eigenvalue weighted by molar-refractivity contribution is 5.95.